The lowest BCUT2D eigenvalue weighted by Gasteiger charge is -2.54. The van der Waals surface area contributed by atoms with Crippen molar-refractivity contribution in [3.05, 3.63) is 119 Å². The number of carbonyl (C=O) groups is 2. The summed E-state index contributed by atoms with van der Waals surface area (Å²) < 4.78 is 25.7. The van der Waals surface area contributed by atoms with Crippen LogP contribution in [0.15, 0.2) is 89.6 Å². The van der Waals surface area contributed by atoms with Crippen molar-refractivity contribution < 1.29 is 33.1 Å². The predicted molar refractivity (Wildman–Crippen MR) is 213 cm³/mol. The van der Waals surface area contributed by atoms with Gasteiger partial charge in [0.15, 0.2) is 19.7 Å². The average Bonchev–Trinajstić information content (AvgIpc) is 3.58. The number of carbonyl (C=O) groups excluding carboxylic acids is 2. The molecule has 288 valence electrons. The van der Waals surface area contributed by atoms with Crippen LogP contribution >= 0.6 is 0 Å². The van der Waals surface area contributed by atoms with Gasteiger partial charge in [0.1, 0.15) is 36.1 Å². The minimum atomic E-state index is -2.91. The Morgan fingerprint density at radius 2 is 1.64 bits per heavy atom. The molecule has 0 aliphatic heterocycles. The Hall–Kier alpha value is -5.04. The maximum absolute atomic E-state index is 15.8. The number of hydrogen-bond acceptors (Lipinski definition) is 11. The number of fused-ring (bicyclic) bond motifs is 4. The normalized spacial score (nSPS) is 22.0. The van der Waals surface area contributed by atoms with Gasteiger partial charge in [-0.25, -0.2) is 4.98 Å². The molecule has 2 aromatic carbocycles. The second-order valence-electron chi connectivity index (χ2n) is 16.4. The quantitative estimate of drug-likeness (QED) is 0.0832. The smallest absolute Gasteiger partial charge is 0.265 e. The highest BCUT2D eigenvalue weighted by molar-refractivity contribution is 6.74. The highest BCUT2D eigenvalue weighted by Gasteiger charge is 2.68. The number of benzene rings is 2. The molecule has 12 heteroatoms. The lowest BCUT2D eigenvalue weighted by molar-refractivity contribution is -0.138. The first-order valence-electron chi connectivity index (χ1n) is 18.8. The number of anilines is 1. The van der Waals surface area contributed by atoms with Gasteiger partial charge in [-0.3, -0.25) is 9.59 Å². The van der Waals surface area contributed by atoms with Crippen LogP contribution in [-0.4, -0.2) is 61.4 Å². The maximum atomic E-state index is 15.8. The molecule has 0 radical (unpaired) electrons. The van der Waals surface area contributed by atoms with Gasteiger partial charge >= 0.3 is 0 Å². The second kappa shape index (κ2) is 14.6. The van der Waals surface area contributed by atoms with Gasteiger partial charge in [-0.2, -0.15) is 0 Å². The Labute approximate surface area is 323 Å². The number of ketones is 2. The Bertz CT molecular complexity index is 2140. The van der Waals surface area contributed by atoms with Crippen molar-refractivity contribution in [2.75, 3.05) is 25.5 Å². The lowest BCUT2D eigenvalue weighted by Crippen LogP contribution is -2.68. The van der Waals surface area contributed by atoms with Gasteiger partial charge in [0.2, 0.25) is 11.6 Å². The average molecular weight is 763 g/mol. The zero-order valence-corrected chi connectivity index (χ0v) is 33.6. The molecule has 2 N–H and O–H groups in total. The number of Topliss-reactive ketones (excluding diaryl/α,β-unsaturated/α-hetero) is 2. The summed E-state index contributed by atoms with van der Waals surface area (Å²) in [7, 11) is 0.883. The van der Waals surface area contributed by atoms with Crippen LogP contribution in [0.1, 0.15) is 71.6 Å². The van der Waals surface area contributed by atoms with Gasteiger partial charge in [-0.05, 0) is 53.2 Å². The van der Waals surface area contributed by atoms with Crippen molar-refractivity contribution in [2.24, 2.45) is 11.8 Å². The van der Waals surface area contributed by atoms with E-state index in [0.717, 1.165) is 16.7 Å². The number of aliphatic hydroxyl groups excluding tert-OH is 1. The number of aliphatic hydroxyl groups is 1. The van der Waals surface area contributed by atoms with Crippen LogP contribution in [0.5, 0.6) is 11.6 Å². The third kappa shape index (κ3) is 6.59. The van der Waals surface area contributed by atoms with Gasteiger partial charge in [0.05, 0.1) is 17.8 Å². The maximum Gasteiger partial charge on any atom is 0.265 e. The van der Waals surface area contributed by atoms with Crippen molar-refractivity contribution in [1.29, 1.82) is 0 Å². The van der Waals surface area contributed by atoms with Crippen LogP contribution in [0.25, 0.3) is 5.76 Å². The van der Waals surface area contributed by atoms with Crippen molar-refractivity contribution >= 4 is 31.5 Å². The minimum Gasteiger partial charge on any atom is -0.507 e. The monoisotopic (exact) mass is 762 g/mol. The summed E-state index contributed by atoms with van der Waals surface area (Å²) in [5.74, 6) is -1.25. The molecular weight excluding hydrogens is 713 g/mol. The van der Waals surface area contributed by atoms with Crippen LogP contribution in [-0.2, 0) is 28.9 Å². The standard InChI is InChI=1S/C43H50N4O7Si/c1-9-20-44-35-30-22-28-21-29-33(31(23-45-40(29)47(5)6)51-24-26-16-12-10-13-17-26)36(48)32(28)38(49)43(30,54-55(7,8)42(2,3)4)39(50)34-37(35)53-46-41(34)52-25-27-18-14-11-15-19-27/h9-19,23,28,30,35,44,48H,1,20-22,24-25H2,2-8H3/t28-,30-,35-,43?/m0/s1. The van der Waals surface area contributed by atoms with E-state index in [0.29, 0.717) is 42.3 Å². The lowest BCUT2D eigenvalue weighted by atomic mass is 9.57. The number of rotatable bonds is 12. The first-order valence-corrected chi connectivity index (χ1v) is 21.7. The number of nitrogens with zero attached hydrogens (tertiary/aromatic N) is 3. The van der Waals surface area contributed by atoms with E-state index in [2.05, 4.69) is 37.8 Å². The van der Waals surface area contributed by atoms with Crippen LogP contribution in [0.4, 0.5) is 5.82 Å². The molecule has 2 aromatic heterocycles. The summed E-state index contributed by atoms with van der Waals surface area (Å²) >= 11 is 0. The number of hydrogen-bond donors (Lipinski definition) is 2. The van der Waals surface area contributed by atoms with E-state index in [1.165, 1.54) is 0 Å². The molecule has 4 aromatic rings. The number of ether oxygens (including phenoxy) is 2. The molecular formula is C43H50N4O7Si. The highest BCUT2D eigenvalue weighted by Crippen LogP contribution is 2.58. The van der Waals surface area contributed by atoms with Crippen molar-refractivity contribution in [2.45, 2.75) is 76.6 Å². The van der Waals surface area contributed by atoms with Gasteiger partial charge < -0.3 is 33.7 Å². The van der Waals surface area contributed by atoms with Gasteiger partial charge in [-0.15, -0.1) is 6.58 Å². The topological polar surface area (TPSA) is 136 Å². The summed E-state index contributed by atoms with van der Waals surface area (Å²) in [5.41, 5.74) is 1.18. The molecule has 3 aliphatic carbocycles. The van der Waals surface area contributed by atoms with Crippen molar-refractivity contribution in [3.63, 3.8) is 0 Å². The molecule has 1 saturated carbocycles. The van der Waals surface area contributed by atoms with Crippen LogP contribution in [0, 0.1) is 11.8 Å². The minimum absolute atomic E-state index is 0.00803. The van der Waals surface area contributed by atoms with E-state index in [4.69, 9.17) is 23.4 Å². The SMILES string of the molecule is C=CCN[C@@H]1c2onc(OCc3ccccc3)c2C(=O)C2(O[Si](C)(C)C(C)(C)C)C(=O)C3=C(O)c4c(OCc5ccccc5)cnc(N(C)C)c4C[C@H]3C[C@@H]12. The molecule has 1 fully saturated rings. The molecule has 7 rings (SSSR count). The second-order valence-corrected chi connectivity index (χ2v) is 21.1. The fourth-order valence-electron chi connectivity index (χ4n) is 7.93. The number of nitrogens with one attached hydrogen (secondary N) is 1. The van der Waals surface area contributed by atoms with Crippen LogP contribution in [0.3, 0.4) is 0 Å². The third-order valence-electron chi connectivity index (χ3n) is 11.6. The van der Waals surface area contributed by atoms with E-state index in [-0.39, 0.29) is 41.0 Å². The zero-order chi connectivity index (χ0) is 39.3. The fraction of sp³-hybridized carbons (Fsp3) is 0.395. The molecule has 1 unspecified atom stereocenters. The van der Waals surface area contributed by atoms with Crippen molar-refractivity contribution in [3.8, 4) is 11.6 Å². The first-order chi connectivity index (χ1) is 26.2. The zero-order valence-electron chi connectivity index (χ0n) is 32.6. The molecule has 2 heterocycles. The molecule has 3 aliphatic rings. The molecule has 55 heavy (non-hydrogen) atoms. The predicted octanol–water partition coefficient (Wildman–Crippen LogP) is 7.80. The molecule has 0 saturated heterocycles. The molecule has 4 atom stereocenters. The molecule has 0 amide bonds. The summed E-state index contributed by atoms with van der Waals surface area (Å²) in [6, 6.07) is 18.6. The summed E-state index contributed by atoms with van der Waals surface area (Å²) in [4.78, 5) is 37.9. The highest BCUT2D eigenvalue weighted by atomic mass is 28.4. The van der Waals surface area contributed by atoms with Gasteiger partial charge in [0.25, 0.3) is 5.88 Å². The largest absolute Gasteiger partial charge is 0.507 e. The summed E-state index contributed by atoms with van der Waals surface area (Å²) in [6.07, 6.45) is 4.02. The van der Waals surface area contributed by atoms with E-state index in [1.54, 1.807) is 12.3 Å². The van der Waals surface area contributed by atoms with Crippen LogP contribution in [0.2, 0.25) is 18.1 Å². The molecule has 0 spiro atoms. The fourth-order valence-corrected chi connectivity index (χ4v) is 9.38. The van der Waals surface area contributed by atoms with Crippen LogP contribution < -0.4 is 19.7 Å². The first kappa shape index (κ1) is 38.2. The van der Waals surface area contributed by atoms with E-state index in [9.17, 15) is 5.11 Å². The van der Waals surface area contributed by atoms with E-state index in [1.807, 2.05) is 92.8 Å². The summed E-state index contributed by atoms with van der Waals surface area (Å²) in [5, 5.41) is 19.9. The van der Waals surface area contributed by atoms with Gasteiger partial charge in [-0.1, -0.05) is 87.5 Å². The third-order valence-corrected chi connectivity index (χ3v) is 16.1. The van der Waals surface area contributed by atoms with Gasteiger partial charge in [0, 0.05) is 37.7 Å². The number of pyridine rings is 1. The van der Waals surface area contributed by atoms with E-state index < -0.39 is 43.4 Å². The molecule has 0 bridgehead atoms. The molecule has 11 nitrogen and oxygen atoms in total. The number of aromatic nitrogens is 2. The summed E-state index contributed by atoms with van der Waals surface area (Å²) in [6.45, 7) is 14.9. The Balaban J connectivity index is 1.41. The Morgan fingerprint density at radius 1 is 1.00 bits per heavy atom. The Kier molecular flexibility index (Phi) is 10.1. The van der Waals surface area contributed by atoms with E-state index >= 15 is 9.59 Å². The Morgan fingerprint density at radius 3 is 2.24 bits per heavy atom. The van der Waals surface area contributed by atoms with Crippen molar-refractivity contribution in [1.82, 2.24) is 15.5 Å².